The summed E-state index contributed by atoms with van der Waals surface area (Å²) < 4.78 is 2.24. The first-order valence-electron chi connectivity index (χ1n) is 6.13. The van der Waals surface area contributed by atoms with Crippen LogP contribution < -0.4 is 5.73 Å². The van der Waals surface area contributed by atoms with Crippen LogP contribution in [0, 0.1) is 6.92 Å². The second kappa shape index (κ2) is 5.73. The topological polar surface area (TPSA) is 43.8 Å². The van der Waals surface area contributed by atoms with Crippen molar-refractivity contribution in [2.75, 3.05) is 18.1 Å². The molecule has 0 saturated carbocycles. The summed E-state index contributed by atoms with van der Waals surface area (Å²) in [5.74, 6) is 2.56. The van der Waals surface area contributed by atoms with Crippen molar-refractivity contribution in [3.8, 4) is 0 Å². The predicted molar refractivity (Wildman–Crippen MR) is 69.9 cm³/mol. The molecular weight excluding hydrogens is 218 g/mol. The molecule has 1 aromatic heterocycles. The van der Waals surface area contributed by atoms with Crippen molar-refractivity contribution in [3.05, 3.63) is 17.5 Å². The molecule has 0 aromatic carbocycles. The van der Waals surface area contributed by atoms with Crippen LogP contribution in [0.15, 0.2) is 6.20 Å². The van der Waals surface area contributed by atoms with Crippen LogP contribution in [0.25, 0.3) is 0 Å². The minimum atomic E-state index is 0.632. The molecule has 1 aliphatic heterocycles. The first-order valence-corrected chi connectivity index (χ1v) is 7.29. The summed E-state index contributed by atoms with van der Waals surface area (Å²) in [6, 6.07) is 0.632. The van der Waals surface area contributed by atoms with E-state index in [0.29, 0.717) is 6.04 Å². The van der Waals surface area contributed by atoms with Crippen molar-refractivity contribution in [2.45, 2.75) is 38.6 Å². The summed E-state index contributed by atoms with van der Waals surface area (Å²) >= 11 is 2.06. The van der Waals surface area contributed by atoms with Gasteiger partial charge in [0.05, 0.1) is 12.2 Å². The molecule has 1 saturated heterocycles. The Morgan fingerprint density at radius 2 is 2.25 bits per heavy atom. The number of aromatic nitrogens is 2. The van der Waals surface area contributed by atoms with Crippen LogP contribution in [0.1, 0.15) is 36.6 Å². The molecule has 0 unspecified atom stereocenters. The van der Waals surface area contributed by atoms with Gasteiger partial charge in [0.25, 0.3) is 0 Å². The summed E-state index contributed by atoms with van der Waals surface area (Å²) in [6.45, 7) is 2.96. The molecule has 1 aromatic rings. The van der Waals surface area contributed by atoms with Gasteiger partial charge in [-0.15, -0.1) is 0 Å². The Kier molecular flexibility index (Phi) is 4.29. The maximum Gasteiger partial charge on any atom is 0.0538 e. The highest BCUT2D eigenvalue weighted by atomic mass is 32.2. The van der Waals surface area contributed by atoms with E-state index in [4.69, 9.17) is 5.73 Å². The van der Waals surface area contributed by atoms with E-state index >= 15 is 0 Å². The average molecular weight is 239 g/mol. The third kappa shape index (κ3) is 2.61. The number of nitrogens with two attached hydrogens (primary N) is 1. The standard InChI is InChI=1S/C12H21N3S/c1-10-11(3-2-6-13)9-14-15(10)12-4-7-16-8-5-12/h9,12H,2-8,13H2,1H3. The van der Waals surface area contributed by atoms with Gasteiger partial charge in [0, 0.05) is 5.69 Å². The monoisotopic (exact) mass is 239 g/mol. The third-order valence-electron chi connectivity index (χ3n) is 3.33. The fraction of sp³-hybridized carbons (Fsp3) is 0.750. The van der Waals surface area contributed by atoms with Crippen LogP contribution in [0.4, 0.5) is 0 Å². The van der Waals surface area contributed by atoms with Gasteiger partial charge in [-0.25, -0.2) is 0 Å². The van der Waals surface area contributed by atoms with E-state index in [1.807, 2.05) is 6.20 Å². The van der Waals surface area contributed by atoms with Gasteiger partial charge in [-0.3, -0.25) is 4.68 Å². The number of hydrogen-bond acceptors (Lipinski definition) is 3. The molecule has 3 nitrogen and oxygen atoms in total. The zero-order chi connectivity index (χ0) is 11.4. The zero-order valence-corrected chi connectivity index (χ0v) is 10.8. The molecular formula is C12H21N3S. The zero-order valence-electron chi connectivity index (χ0n) is 9.98. The van der Waals surface area contributed by atoms with Crippen LogP contribution in [-0.2, 0) is 6.42 Å². The Balaban J connectivity index is 2.06. The molecule has 16 heavy (non-hydrogen) atoms. The SMILES string of the molecule is Cc1c(CCCN)cnn1C1CCSCC1. The van der Waals surface area contributed by atoms with Crippen LogP contribution in [0.5, 0.6) is 0 Å². The van der Waals surface area contributed by atoms with Crippen LogP contribution in [0.3, 0.4) is 0 Å². The third-order valence-corrected chi connectivity index (χ3v) is 4.38. The van der Waals surface area contributed by atoms with Crippen LogP contribution in [0.2, 0.25) is 0 Å². The Morgan fingerprint density at radius 3 is 2.94 bits per heavy atom. The van der Waals surface area contributed by atoms with Crippen molar-refractivity contribution in [1.29, 1.82) is 0 Å². The van der Waals surface area contributed by atoms with E-state index in [1.54, 1.807) is 0 Å². The van der Waals surface area contributed by atoms with Crippen molar-refractivity contribution in [3.63, 3.8) is 0 Å². The first-order chi connectivity index (χ1) is 7.83. The van der Waals surface area contributed by atoms with Crippen molar-refractivity contribution >= 4 is 11.8 Å². The second-order valence-corrected chi connectivity index (χ2v) is 5.66. The van der Waals surface area contributed by atoms with Crippen LogP contribution in [-0.4, -0.2) is 27.8 Å². The van der Waals surface area contributed by atoms with Gasteiger partial charge >= 0.3 is 0 Å². The highest BCUT2D eigenvalue weighted by Gasteiger charge is 2.18. The Hall–Kier alpha value is -0.480. The normalized spacial score (nSPS) is 17.9. The van der Waals surface area contributed by atoms with E-state index in [1.165, 1.54) is 35.6 Å². The molecule has 4 heteroatoms. The van der Waals surface area contributed by atoms with E-state index in [0.717, 1.165) is 19.4 Å². The maximum atomic E-state index is 5.55. The van der Waals surface area contributed by atoms with E-state index in [-0.39, 0.29) is 0 Å². The van der Waals surface area contributed by atoms with Gasteiger partial charge in [0.2, 0.25) is 0 Å². The minimum Gasteiger partial charge on any atom is -0.330 e. The van der Waals surface area contributed by atoms with Crippen molar-refractivity contribution in [2.24, 2.45) is 5.73 Å². The number of rotatable bonds is 4. The highest BCUT2D eigenvalue weighted by Crippen LogP contribution is 2.28. The fourth-order valence-corrected chi connectivity index (χ4v) is 3.38. The Bertz CT molecular complexity index is 329. The van der Waals surface area contributed by atoms with E-state index in [2.05, 4.69) is 28.5 Å². The second-order valence-electron chi connectivity index (χ2n) is 4.44. The summed E-state index contributed by atoms with van der Waals surface area (Å²) in [7, 11) is 0. The fourth-order valence-electron chi connectivity index (χ4n) is 2.29. The summed E-state index contributed by atoms with van der Waals surface area (Å²) in [6.07, 6.45) is 6.70. The van der Waals surface area contributed by atoms with Gasteiger partial charge in [0.15, 0.2) is 0 Å². The van der Waals surface area contributed by atoms with Gasteiger partial charge in [-0.1, -0.05) is 0 Å². The molecule has 2 N–H and O–H groups in total. The molecule has 0 bridgehead atoms. The average Bonchev–Trinajstić information content (AvgIpc) is 2.69. The molecule has 0 spiro atoms. The lowest BCUT2D eigenvalue weighted by Gasteiger charge is -2.23. The Labute approximate surface area is 102 Å². The lowest BCUT2D eigenvalue weighted by atomic mass is 10.1. The number of hydrogen-bond donors (Lipinski definition) is 1. The number of thioether (sulfide) groups is 1. The number of aryl methyl sites for hydroxylation is 1. The molecule has 1 aliphatic rings. The van der Waals surface area contributed by atoms with E-state index < -0.39 is 0 Å². The molecule has 0 radical (unpaired) electrons. The predicted octanol–water partition coefficient (Wildman–Crippen LogP) is 2.15. The molecule has 1 fully saturated rings. The molecule has 0 aliphatic carbocycles. The first kappa shape index (κ1) is 12.0. The van der Waals surface area contributed by atoms with E-state index in [9.17, 15) is 0 Å². The smallest absolute Gasteiger partial charge is 0.0538 e. The molecule has 90 valence electrons. The van der Waals surface area contributed by atoms with Crippen molar-refractivity contribution < 1.29 is 0 Å². The van der Waals surface area contributed by atoms with Gasteiger partial charge in [-0.05, 0) is 56.2 Å². The van der Waals surface area contributed by atoms with Gasteiger partial charge in [0.1, 0.15) is 0 Å². The minimum absolute atomic E-state index is 0.632. The van der Waals surface area contributed by atoms with Gasteiger partial charge in [-0.2, -0.15) is 16.9 Å². The van der Waals surface area contributed by atoms with Crippen molar-refractivity contribution in [1.82, 2.24) is 9.78 Å². The lowest BCUT2D eigenvalue weighted by Crippen LogP contribution is -2.17. The Morgan fingerprint density at radius 1 is 1.50 bits per heavy atom. The molecule has 0 amide bonds. The summed E-state index contributed by atoms with van der Waals surface area (Å²) in [4.78, 5) is 0. The maximum absolute atomic E-state index is 5.55. The highest BCUT2D eigenvalue weighted by molar-refractivity contribution is 7.99. The summed E-state index contributed by atoms with van der Waals surface area (Å²) in [5.41, 5.74) is 8.28. The number of nitrogens with zero attached hydrogens (tertiary/aromatic N) is 2. The quantitative estimate of drug-likeness (QED) is 0.875. The largest absolute Gasteiger partial charge is 0.330 e. The lowest BCUT2D eigenvalue weighted by molar-refractivity contribution is 0.418. The molecule has 0 atom stereocenters. The molecule has 2 heterocycles. The van der Waals surface area contributed by atoms with Crippen LogP contribution >= 0.6 is 11.8 Å². The molecule has 2 rings (SSSR count). The van der Waals surface area contributed by atoms with Gasteiger partial charge < -0.3 is 5.73 Å². The summed E-state index contributed by atoms with van der Waals surface area (Å²) in [5, 5.41) is 4.56.